The lowest BCUT2D eigenvalue weighted by molar-refractivity contribution is -0.127. The molecule has 2 aromatic rings. The van der Waals surface area contributed by atoms with Gasteiger partial charge < -0.3 is 14.8 Å². The molecule has 0 aromatic heterocycles. The van der Waals surface area contributed by atoms with Crippen molar-refractivity contribution in [2.75, 3.05) is 13.2 Å². The molecule has 0 aliphatic carbocycles. The zero-order chi connectivity index (χ0) is 18.8. The first kappa shape index (κ1) is 19.8. The van der Waals surface area contributed by atoms with E-state index in [1.54, 1.807) is 6.92 Å². The number of rotatable bonds is 10. The highest BCUT2D eigenvalue weighted by Crippen LogP contribution is 2.19. The standard InChI is InChI=1S/C22H29NO3/c1-4-16-25-21-10-6-5-8-19(21)9-7-15-23-22(24)18(3)26-20-13-11-17(2)12-14-20/h5-6,8,10-14,18H,4,7,9,15-16H2,1-3H3,(H,23,24)/t18-/m0/s1. The van der Waals surface area contributed by atoms with E-state index in [4.69, 9.17) is 9.47 Å². The summed E-state index contributed by atoms with van der Waals surface area (Å²) in [4.78, 5) is 12.2. The number of hydrogen-bond acceptors (Lipinski definition) is 3. The summed E-state index contributed by atoms with van der Waals surface area (Å²) in [5, 5.41) is 2.94. The minimum Gasteiger partial charge on any atom is -0.493 e. The summed E-state index contributed by atoms with van der Waals surface area (Å²) in [7, 11) is 0. The summed E-state index contributed by atoms with van der Waals surface area (Å²) < 4.78 is 11.4. The van der Waals surface area contributed by atoms with Gasteiger partial charge in [-0.1, -0.05) is 42.8 Å². The molecule has 0 heterocycles. The first-order valence-corrected chi connectivity index (χ1v) is 9.32. The Morgan fingerprint density at radius 1 is 1.12 bits per heavy atom. The van der Waals surface area contributed by atoms with Crippen LogP contribution in [0, 0.1) is 6.92 Å². The molecule has 0 radical (unpaired) electrons. The molecule has 0 fully saturated rings. The summed E-state index contributed by atoms with van der Waals surface area (Å²) in [6.45, 7) is 7.22. The lowest BCUT2D eigenvalue weighted by Crippen LogP contribution is -2.36. The van der Waals surface area contributed by atoms with E-state index in [1.165, 1.54) is 5.56 Å². The largest absolute Gasteiger partial charge is 0.493 e. The fraction of sp³-hybridized carbons (Fsp3) is 0.409. The van der Waals surface area contributed by atoms with Crippen LogP contribution in [0.4, 0.5) is 0 Å². The summed E-state index contributed by atoms with van der Waals surface area (Å²) in [6.07, 6.45) is 2.20. The molecule has 1 amide bonds. The fourth-order valence-electron chi connectivity index (χ4n) is 2.57. The van der Waals surface area contributed by atoms with Crippen LogP contribution >= 0.6 is 0 Å². The number of aryl methyl sites for hydroxylation is 2. The Balaban J connectivity index is 1.73. The quantitative estimate of drug-likeness (QED) is 0.647. The van der Waals surface area contributed by atoms with Crippen molar-refractivity contribution in [3.8, 4) is 11.5 Å². The van der Waals surface area contributed by atoms with Crippen molar-refractivity contribution >= 4 is 5.91 Å². The van der Waals surface area contributed by atoms with Crippen molar-refractivity contribution in [2.45, 2.75) is 46.1 Å². The van der Waals surface area contributed by atoms with Crippen LogP contribution < -0.4 is 14.8 Å². The van der Waals surface area contributed by atoms with Gasteiger partial charge in [0, 0.05) is 6.54 Å². The highest BCUT2D eigenvalue weighted by molar-refractivity contribution is 5.80. The minimum atomic E-state index is -0.516. The van der Waals surface area contributed by atoms with Gasteiger partial charge in [-0.15, -0.1) is 0 Å². The first-order chi connectivity index (χ1) is 12.6. The van der Waals surface area contributed by atoms with Crippen LogP contribution in [-0.2, 0) is 11.2 Å². The van der Waals surface area contributed by atoms with Crippen molar-refractivity contribution in [3.05, 3.63) is 59.7 Å². The number of para-hydroxylation sites is 1. The Bertz CT molecular complexity index is 682. The number of benzene rings is 2. The third-order valence-electron chi connectivity index (χ3n) is 4.06. The predicted octanol–water partition coefficient (Wildman–Crippen LogP) is 4.30. The van der Waals surface area contributed by atoms with E-state index in [0.717, 1.165) is 37.2 Å². The summed E-state index contributed by atoms with van der Waals surface area (Å²) in [5.74, 6) is 1.55. The topological polar surface area (TPSA) is 47.6 Å². The Morgan fingerprint density at radius 2 is 1.85 bits per heavy atom. The van der Waals surface area contributed by atoms with E-state index in [9.17, 15) is 4.79 Å². The molecule has 0 aliphatic rings. The zero-order valence-corrected chi connectivity index (χ0v) is 16.0. The van der Waals surface area contributed by atoms with E-state index in [-0.39, 0.29) is 5.91 Å². The maximum Gasteiger partial charge on any atom is 0.260 e. The van der Waals surface area contributed by atoms with Gasteiger partial charge in [-0.25, -0.2) is 0 Å². The van der Waals surface area contributed by atoms with Gasteiger partial charge in [0.1, 0.15) is 11.5 Å². The highest BCUT2D eigenvalue weighted by Gasteiger charge is 2.14. The average molecular weight is 355 g/mol. The molecule has 1 N–H and O–H groups in total. The smallest absolute Gasteiger partial charge is 0.260 e. The molecule has 26 heavy (non-hydrogen) atoms. The number of ether oxygens (including phenoxy) is 2. The number of carbonyl (C=O) groups is 1. The van der Waals surface area contributed by atoms with Crippen molar-refractivity contribution in [2.24, 2.45) is 0 Å². The molecule has 0 unspecified atom stereocenters. The van der Waals surface area contributed by atoms with Gasteiger partial charge in [0.25, 0.3) is 5.91 Å². The second kappa shape index (κ2) is 10.5. The van der Waals surface area contributed by atoms with Crippen LogP contribution in [0.2, 0.25) is 0 Å². The third kappa shape index (κ3) is 6.43. The van der Waals surface area contributed by atoms with Gasteiger partial charge in [0.2, 0.25) is 0 Å². The van der Waals surface area contributed by atoms with Crippen molar-refractivity contribution in [3.63, 3.8) is 0 Å². The van der Waals surface area contributed by atoms with E-state index in [1.807, 2.05) is 49.4 Å². The van der Waals surface area contributed by atoms with Gasteiger partial charge >= 0.3 is 0 Å². The van der Waals surface area contributed by atoms with Crippen LogP contribution in [0.25, 0.3) is 0 Å². The second-order valence-corrected chi connectivity index (χ2v) is 6.42. The monoisotopic (exact) mass is 355 g/mol. The van der Waals surface area contributed by atoms with Crippen molar-refractivity contribution < 1.29 is 14.3 Å². The Hall–Kier alpha value is -2.49. The molecule has 0 bridgehead atoms. The molecule has 4 nitrogen and oxygen atoms in total. The summed E-state index contributed by atoms with van der Waals surface area (Å²) in [5.41, 5.74) is 2.34. The van der Waals surface area contributed by atoms with Gasteiger partial charge in [0.15, 0.2) is 6.10 Å². The second-order valence-electron chi connectivity index (χ2n) is 6.42. The number of hydrogen-bond donors (Lipinski definition) is 1. The van der Waals surface area contributed by atoms with Crippen LogP contribution in [0.5, 0.6) is 11.5 Å². The van der Waals surface area contributed by atoms with E-state index in [2.05, 4.69) is 18.3 Å². The van der Waals surface area contributed by atoms with Gasteiger partial charge in [0.05, 0.1) is 6.61 Å². The van der Waals surface area contributed by atoms with E-state index >= 15 is 0 Å². The third-order valence-corrected chi connectivity index (χ3v) is 4.06. The zero-order valence-electron chi connectivity index (χ0n) is 16.0. The first-order valence-electron chi connectivity index (χ1n) is 9.32. The number of amides is 1. The van der Waals surface area contributed by atoms with Crippen molar-refractivity contribution in [1.29, 1.82) is 0 Å². The predicted molar refractivity (Wildman–Crippen MR) is 105 cm³/mol. The van der Waals surface area contributed by atoms with Crippen LogP contribution in [0.15, 0.2) is 48.5 Å². The van der Waals surface area contributed by atoms with Crippen LogP contribution in [0.1, 0.15) is 37.8 Å². The van der Waals surface area contributed by atoms with Crippen LogP contribution in [-0.4, -0.2) is 25.2 Å². The molecule has 140 valence electrons. The number of carbonyl (C=O) groups excluding carboxylic acids is 1. The molecule has 0 aliphatic heterocycles. The molecule has 0 saturated heterocycles. The molecule has 0 spiro atoms. The van der Waals surface area contributed by atoms with Gasteiger partial charge in [-0.2, -0.15) is 0 Å². The lowest BCUT2D eigenvalue weighted by atomic mass is 10.1. The maximum atomic E-state index is 12.2. The Morgan fingerprint density at radius 3 is 2.58 bits per heavy atom. The fourth-order valence-corrected chi connectivity index (χ4v) is 2.57. The van der Waals surface area contributed by atoms with Crippen LogP contribution in [0.3, 0.4) is 0 Å². The van der Waals surface area contributed by atoms with Gasteiger partial charge in [-0.05, 0) is 56.9 Å². The normalized spacial score (nSPS) is 11.7. The SMILES string of the molecule is CCCOc1ccccc1CCCNC(=O)[C@H](C)Oc1ccc(C)cc1. The Kier molecular flexibility index (Phi) is 8.00. The molecule has 2 rings (SSSR count). The average Bonchev–Trinajstić information content (AvgIpc) is 2.66. The molecule has 0 saturated carbocycles. The molecule has 4 heteroatoms. The minimum absolute atomic E-state index is 0.0962. The molecule has 2 aromatic carbocycles. The molecule has 1 atom stereocenters. The lowest BCUT2D eigenvalue weighted by Gasteiger charge is -2.15. The summed E-state index contributed by atoms with van der Waals surface area (Å²) in [6, 6.07) is 15.8. The highest BCUT2D eigenvalue weighted by atomic mass is 16.5. The van der Waals surface area contributed by atoms with Gasteiger partial charge in [-0.3, -0.25) is 4.79 Å². The van der Waals surface area contributed by atoms with Crippen molar-refractivity contribution in [1.82, 2.24) is 5.32 Å². The molecular weight excluding hydrogens is 326 g/mol. The van der Waals surface area contributed by atoms with E-state index in [0.29, 0.717) is 12.3 Å². The molecular formula is C22H29NO3. The maximum absolute atomic E-state index is 12.2. The summed E-state index contributed by atoms with van der Waals surface area (Å²) >= 11 is 0. The van der Waals surface area contributed by atoms with E-state index < -0.39 is 6.10 Å². The Labute approximate surface area is 156 Å². The number of nitrogens with one attached hydrogen (secondary N) is 1.